The summed E-state index contributed by atoms with van der Waals surface area (Å²) in [5.74, 6) is -0.842. The predicted octanol–water partition coefficient (Wildman–Crippen LogP) is -0.277. The monoisotopic (exact) mass is 310 g/mol. The molecule has 0 aromatic carbocycles. The molecule has 0 aliphatic heterocycles. The molecule has 112 valence electrons. The summed E-state index contributed by atoms with van der Waals surface area (Å²) in [5, 5.41) is 0.393. The molecule has 0 radical (unpaired) electrons. The number of thioether (sulfide) groups is 1. The van der Waals surface area contributed by atoms with Crippen LogP contribution in [0.5, 0.6) is 0 Å². The summed E-state index contributed by atoms with van der Waals surface area (Å²) in [6.07, 6.45) is 1.75. The molecule has 0 aliphatic carbocycles. The van der Waals surface area contributed by atoms with Crippen molar-refractivity contribution in [1.29, 1.82) is 0 Å². The van der Waals surface area contributed by atoms with Crippen molar-refractivity contribution in [3.63, 3.8) is 0 Å². The van der Waals surface area contributed by atoms with Gasteiger partial charge in [0.05, 0.1) is 12.5 Å². The van der Waals surface area contributed by atoms with Crippen molar-refractivity contribution in [2.45, 2.75) is 5.16 Å². The highest BCUT2D eigenvalue weighted by Gasteiger charge is 2.24. The maximum Gasteiger partial charge on any atom is 0.341 e. The molecular formula is C12H14N4O4S. The second-order valence-corrected chi connectivity index (χ2v) is 5.08. The summed E-state index contributed by atoms with van der Waals surface area (Å²) in [7, 11) is 4.13. The van der Waals surface area contributed by atoms with E-state index in [1.165, 1.54) is 30.4 Å². The molecule has 0 amide bonds. The standard InChI is InChI=1S/C12H14N4O4S/c1-15-8-6(9(17)16(2)12(14-8)21-4)5(11(19)20-3)7(13)10(15)18/h13H2,1-4H3. The highest BCUT2D eigenvalue weighted by Crippen LogP contribution is 2.20. The SMILES string of the molecule is COC(=O)c1c(N)c(=O)n(C)c2nc(SC)n(C)c(=O)c12. The second kappa shape index (κ2) is 5.24. The summed E-state index contributed by atoms with van der Waals surface area (Å²) in [6.45, 7) is 0. The highest BCUT2D eigenvalue weighted by molar-refractivity contribution is 7.98. The fourth-order valence-corrected chi connectivity index (χ4v) is 2.58. The molecule has 0 atom stereocenters. The lowest BCUT2D eigenvalue weighted by atomic mass is 10.1. The lowest BCUT2D eigenvalue weighted by molar-refractivity contribution is 0.0604. The van der Waals surface area contributed by atoms with Crippen molar-refractivity contribution in [2.75, 3.05) is 19.1 Å². The molecule has 0 unspecified atom stereocenters. The van der Waals surface area contributed by atoms with E-state index >= 15 is 0 Å². The lowest BCUT2D eigenvalue weighted by Crippen LogP contribution is -2.31. The zero-order chi connectivity index (χ0) is 15.9. The van der Waals surface area contributed by atoms with Gasteiger partial charge in [0.15, 0.2) is 10.8 Å². The quantitative estimate of drug-likeness (QED) is 0.461. The van der Waals surface area contributed by atoms with Gasteiger partial charge >= 0.3 is 5.97 Å². The molecule has 0 bridgehead atoms. The number of carbonyl (C=O) groups is 1. The summed E-state index contributed by atoms with van der Waals surface area (Å²) in [6, 6.07) is 0. The summed E-state index contributed by atoms with van der Waals surface area (Å²) in [5.41, 5.74) is 4.17. The topological polar surface area (TPSA) is 109 Å². The number of anilines is 1. The number of nitrogens with two attached hydrogens (primary N) is 1. The number of fused-ring (bicyclic) bond motifs is 1. The molecule has 2 N–H and O–H groups in total. The maximum absolute atomic E-state index is 12.5. The van der Waals surface area contributed by atoms with E-state index in [1.54, 1.807) is 6.26 Å². The van der Waals surface area contributed by atoms with Gasteiger partial charge in [-0.25, -0.2) is 9.78 Å². The number of nitrogens with zero attached hydrogens (tertiary/aromatic N) is 3. The Balaban J connectivity index is 3.18. The fourth-order valence-electron chi connectivity index (χ4n) is 2.05. The van der Waals surface area contributed by atoms with E-state index in [9.17, 15) is 14.4 Å². The van der Waals surface area contributed by atoms with E-state index in [1.807, 2.05) is 0 Å². The molecular weight excluding hydrogens is 296 g/mol. The Bertz CT molecular complexity index is 868. The molecule has 0 fully saturated rings. The molecule has 0 saturated carbocycles. The Morgan fingerprint density at radius 1 is 1.24 bits per heavy atom. The van der Waals surface area contributed by atoms with Crippen LogP contribution in [0.25, 0.3) is 11.0 Å². The number of pyridine rings is 1. The second-order valence-electron chi connectivity index (χ2n) is 4.31. The van der Waals surface area contributed by atoms with Gasteiger partial charge in [-0.3, -0.25) is 18.7 Å². The summed E-state index contributed by atoms with van der Waals surface area (Å²) in [4.78, 5) is 40.7. The van der Waals surface area contributed by atoms with Gasteiger partial charge in [0, 0.05) is 14.1 Å². The fraction of sp³-hybridized carbons (Fsp3) is 0.333. The van der Waals surface area contributed by atoms with Gasteiger partial charge in [-0.2, -0.15) is 0 Å². The normalized spacial score (nSPS) is 10.9. The molecule has 9 heteroatoms. The molecule has 2 heterocycles. The van der Waals surface area contributed by atoms with Crippen molar-refractivity contribution in [3.8, 4) is 0 Å². The minimum Gasteiger partial charge on any atom is -0.465 e. The first-order valence-electron chi connectivity index (χ1n) is 5.86. The van der Waals surface area contributed by atoms with E-state index in [2.05, 4.69) is 9.72 Å². The van der Waals surface area contributed by atoms with Gasteiger partial charge in [-0.05, 0) is 6.26 Å². The van der Waals surface area contributed by atoms with Crippen LogP contribution in [-0.2, 0) is 18.8 Å². The van der Waals surface area contributed by atoms with Crippen LogP contribution in [0, 0.1) is 0 Å². The number of aryl methyl sites for hydroxylation is 1. The average Bonchev–Trinajstić information content (AvgIpc) is 2.48. The van der Waals surface area contributed by atoms with Crippen LogP contribution in [0.1, 0.15) is 10.4 Å². The van der Waals surface area contributed by atoms with E-state index in [-0.39, 0.29) is 22.3 Å². The highest BCUT2D eigenvalue weighted by atomic mass is 32.2. The Morgan fingerprint density at radius 3 is 2.38 bits per heavy atom. The first-order valence-corrected chi connectivity index (χ1v) is 7.09. The average molecular weight is 310 g/mol. The van der Waals surface area contributed by atoms with E-state index in [4.69, 9.17) is 5.73 Å². The largest absolute Gasteiger partial charge is 0.465 e. The van der Waals surface area contributed by atoms with Gasteiger partial charge < -0.3 is 10.5 Å². The van der Waals surface area contributed by atoms with Crippen LogP contribution in [-0.4, -0.2) is 33.5 Å². The minimum atomic E-state index is -0.842. The number of hydrogen-bond acceptors (Lipinski definition) is 7. The number of aromatic nitrogens is 3. The van der Waals surface area contributed by atoms with Crippen LogP contribution in [0.15, 0.2) is 14.7 Å². The number of ether oxygens (including phenoxy) is 1. The van der Waals surface area contributed by atoms with Crippen LogP contribution in [0.4, 0.5) is 5.69 Å². The minimum absolute atomic E-state index is 0.0262. The lowest BCUT2D eigenvalue weighted by Gasteiger charge is -2.13. The van der Waals surface area contributed by atoms with Gasteiger partial charge in [-0.1, -0.05) is 11.8 Å². The molecule has 2 aromatic heterocycles. The van der Waals surface area contributed by atoms with Crippen LogP contribution < -0.4 is 16.9 Å². The van der Waals surface area contributed by atoms with Crippen molar-refractivity contribution in [2.24, 2.45) is 14.1 Å². The van der Waals surface area contributed by atoms with Gasteiger partial charge in [0.2, 0.25) is 0 Å². The smallest absolute Gasteiger partial charge is 0.341 e. The van der Waals surface area contributed by atoms with E-state index < -0.39 is 17.1 Å². The van der Waals surface area contributed by atoms with Gasteiger partial charge in [0.25, 0.3) is 11.1 Å². The maximum atomic E-state index is 12.5. The molecule has 0 aliphatic rings. The molecule has 0 spiro atoms. The zero-order valence-electron chi connectivity index (χ0n) is 12.0. The van der Waals surface area contributed by atoms with Crippen molar-refractivity contribution in [1.82, 2.24) is 14.1 Å². The molecule has 8 nitrogen and oxygen atoms in total. The number of methoxy groups -OCH3 is 1. The van der Waals surface area contributed by atoms with Crippen LogP contribution in [0.2, 0.25) is 0 Å². The first kappa shape index (κ1) is 15.1. The van der Waals surface area contributed by atoms with Crippen LogP contribution in [0.3, 0.4) is 0 Å². The number of carbonyl (C=O) groups excluding carboxylic acids is 1. The van der Waals surface area contributed by atoms with Gasteiger partial charge in [-0.15, -0.1) is 0 Å². The Hall–Kier alpha value is -2.29. The third-order valence-corrected chi connectivity index (χ3v) is 3.91. The Morgan fingerprint density at radius 2 is 1.86 bits per heavy atom. The number of rotatable bonds is 2. The molecule has 2 rings (SSSR count). The Labute approximate surface area is 123 Å². The number of nitrogen functional groups attached to an aromatic ring is 1. The first-order chi connectivity index (χ1) is 9.84. The number of esters is 1. The third kappa shape index (κ3) is 2.09. The Kier molecular flexibility index (Phi) is 3.77. The van der Waals surface area contributed by atoms with Gasteiger partial charge in [0.1, 0.15) is 11.3 Å². The molecule has 2 aromatic rings. The van der Waals surface area contributed by atoms with Crippen molar-refractivity contribution >= 4 is 34.5 Å². The molecule has 21 heavy (non-hydrogen) atoms. The van der Waals surface area contributed by atoms with Crippen molar-refractivity contribution < 1.29 is 9.53 Å². The van der Waals surface area contributed by atoms with Crippen LogP contribution >= 0.6 is 11.8 Å². The zero-order valence-corrected chi connectivity index (χ0v) is 12.8. The summed E-state index contributed by atoms with van der Waals surface area (Å²) >= 11 is 1.25. The van der Waals surface area contributed by atoms with Crippen molar-refractivity contribution in [3.05, 3.63) is 26.3 Å². The third-order valence-electron chi connectivity index (χ3n) is 3.17. The summed E-state index contributed by atoms with van der Waals surface area (Å²) < 4.78 is 7.07. The molecule has 0 saturated heterocycles. The predicted molar refractivity (Wildman–Crippen MR) is 79.8 cm³/mol. The van der Waals surface area contributed by atoms with E-state index in [0.29, 0.717) is 5.16 Å². The van der Waals surface area contributed by atoms with E-state index in [0.717, 1.165) is 11.7 Å². The number of hydrogen-bond donors (Lipinski definition) is 1.